The number of nitrogens with one attached hydrogen (secondary N) is 1. The Hall–Kier alpha value is -1.69. The number of hydrogen-bond donors (Lipinski definition) is 1. The summed E-state index contributed by atoms with van der Waals surface area (Å²) in [6.45, 7) is 9.22. The smallest absolute Gasteiger partial charge is 0.276 e. The summed E-state index contributed by atoms with van der Waals surface area (Å²) in [7, 11) is 0. The molecule has 0 saturated carbocycles. The van der Waals surface area contributed by atoms with Crippen LogP contribution in [0.2, 0.25) is 0 Å². The standard InChI is InChI=1S/C11H17N5O/c1-3-6-16-9(2)10(13-14-16)11(17)15-7-4-12-5-8-15/h3,12H,1,4-8H2,2H3. The van der Waals surface area contributed by atoms with E-state index >= 15 is 0 Å². The zero-order chi connectivity index (χ0) is 12.3. The molecule has 0 aromatic carbocycles. The Kier molecular flexibility index (Phi) is 3.53. The van der Waals surface area contributed by atoms with Gasteiger partial charge >= 0.3 is 0 Å². The molecule has 2 heterocycles. The van der Waals surface area contributed by atoms with Crippen LogP contribution >= 0.6 is 0 Å². The molecule has 1 aliphatic rings. The maximum atomic E-state index is 12.2. The van der Waals surface area contributed by atoms with Crippen LogP contribution in [0.3, 0.4) is 0 Å². The molecule has 0 aliphatic carbocycles. The molecule has 0 spiro atoms. The molecule has 2 rings (SSSR count). The fourth-order valence-electron chi connectivity index (χ4n) is 1.87. The van der Waals surface area contributed by atoms with Crippen molar-refractivity contribution in [2.45, 2.75) is 13.5 Å². The Morgan fingerprint density at radius 2 is 2.24 bits per heavy atom. The van der Waals surface area contributed by atoms with E-state index < -0.39 is 0 Å². The van der Waals surface area contributed by atoms with Crippen molar-refractivity contribution < 1.29 is 4.79 Å². The first-order valence-corrected chi connectivity index (χ1v) is 5.75. The number of aromatic nitrogens is 3. The lowest BCUT2D eigenvalue weighted by Crippen LogP contribution is -2.46. The number of carbonyl (C=O) groups excluding carboxylic acids is 1. The lowest BCUT2D eigenvalue weighted by Gasteiger charge is -2.26. The molecular weight excluding hydrogens is 218 g/mol. The summed E-state index contributed by atoms with van der Waals surface area (Å²) in [5, 5.41) is 11.1. The van der Waals surface area contributed by atoms with E-state index in [4.69, 9.17) is 0 Å². The van der Waals surface area contributed by atoms with Gasteiger partial charge in [0.25, 0.3) is 5.91 Å². The second-order valence-electron chi connectivity index (χ2n) is 4.04. The van der Waals surface area contributed by atoms with E-state index in [1.54, 1.807) is 10.8 Å². The summed E-state index contributed by atoms with van der Waals surface area (Å²) < 4.78 is 1.68. The number of piperazine rings is 1. The lowest BCUT2D eigenvalue weighted by molar-refractivity contribution is 0.0729. The Labute approximate surface area is 100 Å². The van der Waals surface area contributed by atoms with Gasteiger partial charge in [0, 0.05) is 26.2 Å². The van der Waals surface area contributed by atoms with Crippen LogP contribution in [-0.2, 0) is 6.54 Å². The average molecular weight is 235 g/mol. The number of allylic oxidation sites excluding steroid dienone is 1. The van der Waals surface area contributed by atoms with Gasteiger partial charge < -0.3 is 10.2 Å². The highest BCUT2D eigenvalue weighted by Gasteiger charge is 2.23. The highest BCUT2D eigenvalue weighted by molar-refractivity contribution is 5.93. The first kappa shape index (κ1) is 11.8. The second-order valence-corrected chi connectivity index (χ2v) is 4.04. The Morgan fingerprint density at radius 1 is 1.53 bits per heavy atom. The lowest BCUT2D eigenvalue weighted by atomic mass is 10.2. The van der Waals surface area contributed by atoms with Crippen molar-refractivity contribution in [3.05, 3.63) is 24.0 Å². The third-order valence-electron chi connectivity index (χ3n) is 2.89. The molecule has 6 nitrogen and oxygen atoms in total. The maximum absolute atomic E-state index is 12.2. The van der Waals surface area contributed by atoms with Crippen molar-refractivity contribution in [3.63, 3.8) is 0 Å². The quantitative estimate of drug-likeness (QED) is 0.738. The van der Waals surface area contributed by atoms with Gasteiger partial charge in [0.1, 0.15) is 0 Å². The Balaban J connectivity index is 2.15. The zero-order valence-electron chi connectivity index (χ0n) is 10.0. The van der Waals surface area contributed by atoms with E-state index in [2.05, 4.69) is 22.2 Å². The van der Waals surface area contributed by atoms with Gasteiger partial charge in [-0.05, 0) is 6.92 Å². The van der Waals surface area contributed by atoms with Crippen LogP contribution < -0.4 is 5.32 Å². The van der Waals surface area contributed by atoms with Gasteiger partial charge in [0.15, 0.2) is 5.69 Å². The van der Waals surface area contributed by atoms with Gasteiger partial charge in [-0.2, -0.15) is 0 Å². The van der Waals surface area contributed by atoms with Crippen LogP contribution in [0, 0.1) is 6.92 Å². The molecule has 1 amide bonds. The third-order valence-corrected chi connectivity index (χ3v) is 2.89. The van der Waals surface area contributed by atoms with E-state index in [0.717, 1.165) is 31.9 Å². The summed E-state index contributed by atoms with van der Waals surface area (Å²) in [5.41, 5.74) is 1.25. The molecule has 1 aromatic rings. The van der Waals surface area contributed by atoms with E-state index in [-0.39, 0.29) is 5.91 Å². The Morgan fingerprint density at radius 3 is 2.88 bits per heavy atom. The summed E-state index contributed by atoms with van der Waals surface area (Å²) in [6.07, 6.45) is 1.74. The van der Waals surface area contributed by atoms with E-state index in [0.29, 0.717) is 12.2 Å². The predicted octanol–water partition coefficient (Wildman–Crippen LogP) is -0.182. The molecule has 0 radical (unpaired) electrons. The van der Waals surface area contributed by atoms with Crippen molar-refractivity contribution >= 4 is 5.91 Å². The van der Waals surface area contributed by atoms with Crippen LogP contribution in [-0.4, -0.2) is 52.0 Å². The van der Waals surface area contributed by atoms with Gasteiger partial charge in [-0.1, -0.05) is 11.3 Å². The van der Waals surface area contributed by atoms with Crippen molar-refractivity contribution in [3.8, 4) is 0 Å². The summed E-state index contributed by atoms with van der Waals surface area (Å²) in [5.74, 6) is -0.0284. The number of hydrogen-bond acceptors (Lipinski definition) is 4. The Bertz CT molecular complexity index is 419. The average Bonchev–Trinajstić information content (AvgIpc) is 2.72. The first-order valence-electron chi connectivity index (χ1n) is 5.75. The van der Waals surface area contributed by atoms with Crippen LogP contribution in [0.5, 0.6) is 0 Å². The molecule has 17 heavy (non-hydrogen) atoms. The molecular formula is C11H17N5O. The minimum Gasteiger partial charge on any atom is -0.335 e. The number of carbonyl (C=O) groups is 1. The molecule has 0 atom stereocenters. The summed E-state index contributed by atoms with van der Waals surface area (Å²) in [4.78, 5) is 14.0. The van der Waals surface area contributed by atoms with Gasteiger partial charge in [0.2, 0.25) is 0 Å². The fraction of sp³-hybridized carbons (Fsp3) is 0.545. The van der Waals surface area contributed by atoms with E-state index in [1.165, 1.54) is 0 Å². The summed E-state index contributed by atoms with van der Waals surface area (Å²) >= 11 is 0. The van der Waals surface area contributed by atoms with Gasteiger partial charge in [-0.3, -0.25) is 4.79 Å². The predicted molar refractivity (Wildman–Crippen MR) is 63.7 cm³/mol. The normalized spacial score (nSPS) is 15.9. The van der Waals surface area contributed by atoms with Crippen LogP contribution in [0.25, 0.3) is 0 Å². The van der Waals surface area contributed by atoms with Gasteiger partial charge in [-0.25, -0.2) is 4.68 Å². The molecule has 92 valence electrons. The van der Waals surface area contributed by atoms with Crippen LogP contribution in [0.4, 0.5) is 0 Å². The molecule has 1 saturated heterocycles. The first-order chi connectivity index (χ1) is 8.24. The van der Waals surface area contributed by atoms with Crippen molar-refractivity contribution in [2.75, 3.05) is 26.2 Å². The molecule has 6 heteroatoms. The minimum atomic E-state index is -0.0284. The molecule has 1 aromatic heterocycles. The molecule has 1 N–H and O–H groups in total. The monoisotopic (exact) mass is 235 g/mol. The third kappa shape index (κ3) is 2.36. The zero-order valence-corrected chi connectivity index (χ0v) is 10.0. The van der Waals surface area contributed by atoms with Gasteiger partial charge in [0.05, 0.1) is 12.2 Å². The van der Waals surface area contributed by atoms with Crippen molar-refractivity contribution in [1.29, 1.82) is 0 Å². The molecule has 0 bridgehead atoms. The molecule has 0 unspecified atom stereocenters. The van der Waals surface area contributed by atoms with Crippen LogP contribution in [0.15, 0.2) is 12.7 Å². The number of amides is 1. The SMILES string of the molecule is C=CCn1nnc(C(=O)N2CCNCC2)c1C. The topological polar surface area (TPSA) is 63.1 Å². The molecule has 1 fully saturated rings. The van der Waals surface area contributed by atoms with Crippen molar-refractivity contribution in [2.24, 2.45) is 0 Å². The number of nitrogens with zero attached hydrogens (tertiary/aromatic N) is 4. The summed E-state index contributed by atoms with van der Waals surface area (Å²) in [6, 6.07) is 0. The highest BCUT2D eigenvalue weighted by Crippen LogP contribution is 2.08. The molecule has 1 aliphatic heterocycles. The van der Waals surface area contributed by atoms with E-state index in [1.807, 2.05) is 11.8 Å². The maximum Gasteiger partial charge on any atom is 0.276 e. The minimum absolute atomic E-state index is 0.0284. The fourth-order valence-corrected chi connectivity index (χ4v) is 1.87. The highest BCUT2D eigenvalue weighted by atomic mass is 16.2. The van der Waals surface area contributed by atoms with Crippen molar-refractivity contribution in [1.82, 2.24) is 25.2 Å². The largest absolute Gasteiger partial charge is 0.335 e. The van der Waals surface area contributed by atoms with Gasteiger partial charge in [-0.15, -0.1) is 11.7 Å². The number of rotatable bonds is 3. The second kappa shape index (κ2) is 5.09. The van der Waals surface area contributed by atoms with E-state index in [9.17, 15) is 4.79 Å². The van der Waals surface area contributed by atoms with Crippen LogP contribution in [0.1, 0.15) is 16.2 Å².